The van der Waals surface area contributed by atoms with Crippen molar-refractivity contribution in [2.45, 2.75) is 26.1 Å². The van der Waals surface area contributed by atoms with Crippen LogP contribution >= 0.6 is 0 Å². The normalized spacial score (nSPS) is 16.1. The number of urea groups is 1. The summed E-state index contributed by atoms with van der Waals surface area (Å²) < 4.78 is 37.5. The Kier molecular flexibility index (Phi) is 4.77. The highest BCUT2D eigenvalue weighted by molar-refractivity contribution is 5.74. The van der Waals surface area contributed by atoms with E-state index in [1.807, 2.05) is 18.7 Å². The van der Waals surface area contributed by atoms with Gasteiger partial charge in [-0.15, -0.1) is 0 Å². The van der Waals surface area contributed by atoms with Crippen molar-refractivity contribution in [3.8, 4) is 0 Å². The van der Waals surface area contributed by atoms with Gasteiger partial charge in [0.1, 0.15) is 5.82 Å². The molecule has 122 valence electrons. The van der Waals surface area contributed by atoms with Gasteiger partial charge in [0.25, 0.3) is 0 Å². The lowest BCUT2D eigenvalue weighted by Crippen LogP contribution is -2.53. The lowest BCUT2D eigenvalue weighted by Gasteiger charge is -2.35. The number of carbonyl (C=O) groups is 1. The number of nitrogens with one attached hydrogen (secondary N) is 1. The Morgan fingerprint density at radius 2 is 1.86 bits per heavy atom. The van der Waals surface area contributed by atoms with Crippen molar-refractivity contribution in [2.75, 3.05) is 31.1 Å². The second-order valence-electron chi connectivity index (χ2n) is 5.48. The van der Waals surface area contributed by atoms with Crippen LogP contribution in [0.25, 0.3) is 0 Å². The van der Waals surface area contributed by atoms with Crippen molar-refractivity contribution in [1.29, 1.82) is 0 Å². The van der Waals surface area contributed by atoms with Crippen molar-refractivity contribution in [1.82, 2.24) is 15.2 Å². The van der Waals surface area contributed by atoms with Gasteiger partial charge in [0.05, 0.1) is 5.56 Å². The summed E-state index contributed by atoms with van der Waals surface area (Å²) in [4.78, 5) is 19.3. The van der Waals surface area contributed by atoms with Crippen LogP contribution in [0.5, 0.6) is 0 Å². The minimum absolute atomic E-state index is 0.0714. The van der Waals surface area contributed by atoms with E-state index in [4.69, 9.17) is 0 Å². The van der Waals surface area contributed by atoms with Crippen molar-refractivity contribution in [3.63, 3.8) is 0 Å². The molecule has 1 aliphatic rings. The Bertz CT molecular complexity index is 508. The molecule has 2 rings (SSSR count). The molecule has 5 nitrogen and oxygen atoms in total. The number of carbonyl (C=O) groups excluding carboxylic acids is 1. The van der Waals surface area contributed by atoms with Crippen LogP contribution in [-0.4, -0.2) is 48.1 Å². The van der Waals surface area contributed by atoms with E-state index in [0.717, 1.165) is 12.3 Å². The molecule has 0 aliphatic carbocycles. The third-order valence-corrected chi connectivity index (χ3v) is 3.38. The Morgan fingerprint density at radius 1 is 1.23 bits per heavy atom. The van der Waals surface area contributed by atoms with E-state index in [9.17, 15) is 18.0 Å². The SMILES string of the molecule is CC(C)NC(=O)N1CCN(c2ccc(C(F)(F)F)cn2)CC1. The molecular weight excluding hydrogens is 297 g/mol. The van der Waals surface area contributed by atoms with Gasteiger partial charge in [-0.1, -0.05) is 0 Å². The quantitative estimate of drug-likeness (QED) is 0.911. The maximum absolute atomic E-state index is 12.5. The monoisotopic (exact) mass is 316 g/mol. The molecule has 1 aliphatic heterocycles. The van der Waals surface area contributed by atoms with Crippen molar-refractivity contribution in [3.05, 3.63) is 23.9 Å². The molecule has 8 heteroatoms. The van der Waals surface area contributed by atoms with Crippen molar-refractivity contribution in [2.24, 2.45) is 0 Å². The number of alkyl halides is 3. The molecule has 22 heavy (non-hydrogen) atoms. The zero-order valence-corrected chi connectivity index (χ0v) is 12.5. The van der Waals surface area contributed by atoms with E-state index < -0.39 is 11.7 Å². The highest BCUT2D eigenvalue weighted by atomic mass is 19.4. The third-order valence-electron chi connectivity index (χ3n) is 3.38. The number of halogens is 3. The number of amides is 2. The maximum Gasteiger partial charge on any atom is 0.417 e. The van der Waals surface area contributed by atoms with Crippen LogP contribution in [0.2, 0.25) is 0 Å². The number of pyridine rings is 1. The minimum Gasteiger partial charge on any atom is -0.353 e. The van der Waals surface area contributed by atoms with Crippen LogP contribution in [0.1, 0.15) is 19.4 Å². The van der Waals surface area contributed by atoms with Crippen LogP contribution in [0, 0.1) is 0 Å². The first-order valence-corrected chi connectivity index (χ1v) is 7.11. The smallest absolute Gasteiger partial charge is 0.353 e. The van der Waals surface area contributed by atoms with Gasteiger partial charge in [0.15, 0.2) is 0 Å². The van der Waals surface area contributed by atoms with Crippen LogP contribution < -0.4 is 10.2 Å². The molecular formula is C14H19F3N4O. The largest absolute Gasteiger partial charge is 0.417 e. The standard InChI is InChI=1S/C14H19F3N4O/c1-10(2)19-13(22)21-7-5-20(6-8-21)12-4-3-11(9-18-12)14(15,16)17/h3-4,9-10H,5-8H2,1-2H3,(H,19,22). The highest BCUT2D eigenvalue weighted by Gasteiger charge is 2.31. The summed E-state index contributed by atoms with van der Waals surface area (Å²) >= 11 is 0. The summed E-state index contributed by atoms with van der Waals surface area (Å²) in [5.74, 6) is 0.497. The Labute approximate surface area is 127 Å². The number of hydrogen-bond acceptors (Lipinski definition) is 3. The number of anilines is 1. The van der Waals surface area contributed by atoms with E-state index in [1.165, 1.54) is 6.07 Å². The zero-order valence-electron chi connectivity index (χ0n) is 12.5. The van der Waals surface area contributed by atoms with Gasteiger partial charge in [-0.25, -0.2) is 9.78 Å². The summed E-state index contributed by atoms with van der Waals surface area (Å²) in [5, 5.41) is 2.82. The van der Waals surface area contributed by atoms with Crippen LogP contribution in [-0.2, 0) is 6.18 Å². The summed E-state index contributed by atoms with van der Waals surface area (Å²) in [6.45, 7) is 5.90. The van der Waals surface area contributed by atoms with E-state index in [-0.39, 0.29) is 12.1 Å². The number of piperazine rings is 1. The highest BCUT2D eigenvalue weighted by Crippen LogP contribution is 2.29. The molecule has 1 fully saturated rings. The zero-order chi connectivity index (χ0) is 16.3. The number of hydrogen-bond donors (Lipinski definition) is 1. The van der Waals surface area contributed by atoms with E-state index in [2.05, 4.69) is 10.3 Å². The first-order valence-electron chi connectivity index (χ1n) is 7.11. The average molecular weight is 316 g/mol. The third kappa shape index (κ3) is 4.02. The molecule has 0 saturated carbocycles. The summed E-state index contributed by atoms with van der Waals surface area (Å²) in [6, 6.07) is 2.35. The van der Waals surface area contributed by atoms with Crippen molar-refractivity contribution < 1.29 is 18.0 Å². The van der Waals surface area contributed by atoms with Gasteiger partial charge in [-0.05, 0) is 26.0 Å². The first-order chi connectivity index (χ1) is 10.3. The Balaban J connectivity index is 1.93. The van der Waals surface area contributed by atoms with Gasteiger partial charge in [0.2, 0.25) is 0 Å². The van der Waals surface area contributed by atoms with Crippen molar-refractivity contribution >= 4 is 11.8 Å². The number of rotatable bonds is 2. The van der Waals surface area contributed by atoms with Crippen LogP contribution in [0.15, 0.2) is 18.3 Å². The predicted octanol–water partition coefficient (Wildman–Crippen LogP) is 2.34. The molecule has 0 unspecified atom stereocenters. The van der Waals surface area contributed by atoms with E-state index in [1.54, 1.807) is 4.90 Å². The predicted molar refractivity (Wildman–Crippen MR) is 76.7 cm³/mol. The molecule has 0 atom stereocenters. The molecule has 0 spiro atoms. The first kappa shape index (κ1) is 16.4. The fraction of sp³-hybridized carbons (Fsp3) is 0.571. The molecule has 1 aromatic heterocycles. The van der Waals surface area contributed by atoms with Gasteiger partial charge in [0, 0.05) is 38.4 Å². The molecule has 2 amide bonds. The summed E-state index contributed by atoms with van der Waals surface area (Å²) in [6.07, 6.45) is -3.54. The molecule has 0 aromatic carbocycles. The van der Waals surface area contributed by atoms with E-state index in [0.29, 0.717) is 32.0 Å². The maximum atomic E-state index is 12.5. The van der Waals surface area contributed by atoms with Gasteiger partial charge >= 0.3 is 12.2 Å². The molecule has 1 saturated heterocycles. The van der Waals surface area contributed by atoms with Crippen LogP contribution in [0.3, 0.4) is 0 Å². The van der Waals surface area contributed by atoms with Gasteiger partial charge < -0.3 is 15.1 Å². The lowest BCUT2D eigenvalue weighted by molar-refractivity contribution is -0.137. The molecule has 0 radical (unpaired) electrons. The Hall–Kier alpha value is -1.99. The Morgan fingerprint density at radius 3 is 2.32 bits per heavy atom. The van der Waals surface area contributed by atoms with Crippen LogP contribution in [0.4, 0.5) is 23.8 Å². The lowest BCUT2D eigenvalue weighted by atomic mass is 10.2. The molecule has 1 N–H and O–H groups in total. The number of aromatic nitrogens is 1. The second-order valence-corrected chi connectivity index (χ2v) is 5.48. The van der Waals surface area contributed by atoms with Gasteiger partial charge in [-0.3, -0.25) is 0 Å². The molecule has 2 heterocycles. The minimum atomic E-state index is -4.38. The summed E-state index contributed by atoms with van der Waals surface area (Å²) in [7, 11) is 0. The second kappa shape index (κ2) is 6.41. The molecule has 1 aromatic rings. The molecule has 0 bridgehead atoms. The number of nitrogens with zero attached hydrogens (tertiary/aromatic N) is 3. The topological polar surface area (TPSA) is 48.5 Å². The van der Waals surface area contributed by atoms with E-state index >= 15 is 0 Å². The average Bonchev–Trinajstić information content (AvgIpc) is 2.46. The summed E-state index contributed by atoms with van der Waals surface area (Å²) in [5.41, 5.74) is -0.758. The fourth-order valence-corrected chi connectivity index (χ4v) is 2.22. The van der Waals surface area contributed by atoms with Gasteiger partial charge in [-0.2, -0.15) is 13.2 Å². The fourth-order valence-electron chi connectivity index (χ4n) is 2.22.